The molecule has 1 aliphatic rings. The summed E-state index contributed by atoms with van der Waals surface area (Å²) in [5.74, 6) is -2.14. The van der Waals surface area contributed by atoms with Gasteiger partial charge in [0.2, 0.25) is 5.92 Å². The number of halogens is 2. The average molecular weight is 295 g/mol. The van der Waals surface area contributed by atoms with Crippen LogP contribution in [0.5, 0.6) is 0 Å². The van der Waals surface area contributed by atoms with E-state index in [9.17, 15) is 8.78 Å². The molecule has 0 amide bonds. The van der Waals surface area contributed by atoms with Crippen molar-refractivity contribution in [1.29, 1.82) is 0 Å². The van der Waals surface area contributed by atoms with Gasteiger partial charge in [-0.1, -0.05) is 19.1 Å². The van der Waals surface area contributed by atoms with Gasteiger partial charge in [-0.05, 0) is 68.3 Å². The normalized spacial score (nSPS) is 20.5. The smallest absolute Gasteiger partial charge is 0.248 e. The molecule has 0 saturated heterocycles. The molecule has 1 N–H and O–H groups in total. The van der Waals surface area contributed by atoms with Crippen molar-refractivity contribution in [2.24, 2.45) is 5.92 Å². The van der Waals surface area contributed by atoms with Crippen molar-refractivity contribution >= 4 is 0 Å². The van der Waals surface area contributed by atoms with Gasteiger partial charge in [0.25, 0.3) is 0 Å². The Labute approximate surface area is 127 Å². The quantitative estimate of drug-likeness (QED) is 0.816. The molecule has 0 radical (unpaired) electrons. The molecule has 1 aromatic rings. The third kappa shape index (κ3) is 3.82. The van der Waals surface area contributed by atoms with E-state index < -0.39 is 5.92 Å². The number of aryl methyl sites for hydroxylation is 3. The molecular weight excluding hydrogens is 268 g/mol. The van der Waals surface area contributed by atoms with E-state index in [0.29, 0.717) is 18.8 Å². The van der Waals surface area contributed by atoms with Crippen LogP contribution in [0, 0.1) is 26.7 Å². The van der Waals surface area contributed by atoms with Gasteiger partial charge in [-0.2, -0.15) is 0 Å². The van der Waals surface area contributed by atoms with Gasteiger partial charge in [-0.3, -0.25) is 0 Å². The number of nitrogens with one attached hydrogen (secondary N) is 1. The van der Waals surface area contributed by atoms with Crippen LogP contribution in [-0.2, 0) is 0 Å². The van der Waals surface area contributed by atoms with Crippen LogP contribution in [-0.4, -0.2) is 12.5 Å². The number of benzene rings is 1. The van der Waals surface area contributed by atoms with E-state index in [4.69, 9.17) is 0 Å². The lowest BCUT2D eigenvalue weighted by Gasteiger charge is -2.35. The Balaban J connectivity index is 2.25. The molecule has 2 rings (SSSR count). The van der Waals surface area contributed by atoms with E-state index in [1.807, 2.05) is 0 Å². The van der Waals surface area contributed by atoms with E-state index in [-0.39, 0.29) is 18.9 Å². The minimum Gasteiger partial charge on any atom is -0.310 e. The van der Waals surface area contributed by atoms with Crippen molar-refractivity contribution in [2.75, 3.05) is 6.54 Å². The van der Waals surface area contributed by atoms with Crippen LogP contribution in [0.4, 0.5) is 8.78 Å². The van der Waals surface area contributed by atoms with Crippen molar-refractivity contribution < 1.29 is 8.78 Å². The van der Waals surface area contributed by atoms with Gasteiger partial charge >= 0.3 is 0 Å². The van der Waals surface area contributed by atoms with Crippen LogP contribution < -0.4 is 5.32 Å². The molecule has 0 heterocycles. The summed E-state index contributed by atoms with van der Waals surface area (Å²) in [5.41, 5.74) is 5.12. The Morgan fingerprint density at radius 1 is 1.10 bits per heavy atom. The van der Waals surface area contributed by atoms with Gasteiger partial charge in [0, 0.05) is 18.9 Å². The molecule has 3 heteroatoms. The van der Waals surface area contributed by atoms with Crippen molar-refractivity contribution in [1.82, 2.24) is 5.32 Å². The topological polar surface area (TPSA) is 12.0 Å². The van der Waals surface area contributed by atoms with Crippen molar-refractivity contribution in [3.8, 4) is 0 Å². The first-order valence-corrected chi connectivity index (χ1v) is 8.03. The number of hydrogen-bond donors (Lipinski definition) is 1. The lowest BCUT2D eigenvalue weighted by molar-refractivity contribution is -0.0497. The summed E-state index contributed by atoms with van der Waals surface area (Å²) in [5, 5.41) is 3.54. The van der Waals surface area contributed by atoms with Gasteiger partial charge in [0.15, 0.2) is 0 Å². The van der Waals surface area contributed by atoms with Gasteiger partial charge < -0.3 is 5.32 Å². The van der Waals surface area contributed by atoms with Gasteiger partial charge in [-0.15, -0.1) is 0 Å². The molecule has 1 fully saturated rings. The SMILES string of the molecule is CCNC(c1cc(C)c(C)cc1C)C1CCC(F)(F)CC1. The molecule has 1 saturated carbocycles. The van der Waals surface area contributed by atoms with Gasteiger partial charge in [0.05, 0.1) is 0 Å². The maximum Gasteiger partial charge on any atom is 0.248 e. The predicted octanol–water partition coefficient (Wildman–Crippen LogP) is 5.09. The Morgan fingerprint density at radius 2 is 1.67 bits per heavy atom. The van der Waals surface area contributed by atoms with Crippen LogP contribution in [0.15, 0.2) is 12.1 Å². The third-order valence-electron chi connectivity index (χ3n) is 4.87. The summed E-state index contributed by atoms with van der Waals surface area (Å²) < 4.78 is 26.8. The van der Waals surface area contributed by atoms with Crippen molar-refractivity contribution in [3.63, 3.8) is 0 Å². The van der Waals surface area contributed by atoms with Crippen LogP contribution in [0.25, 0.3) is 0 Å². The summed E-state index contributed by atoms with van der Waals surface area (Å²) in [7, 11) is 0. The number of hydrogen-bond acceptors (Lipinski definition) is 1. The van der Waals surface area contributed by atoms with E-state index in [0.717, 1.165) is 6.54 Å². The summed E-state index contributed by atoms with van der Waals surface area (Å²) in [6, 6.07) is 4.65. The molecule has 0 aliphatic heterocycles. The van der Waals surface area contributed by atoms with Crippen molar-refractivity contribution in [2.45, 2.75) is 65.3 Å². The van der Waals surface area contributed by atoms with Crippen LogP contribution in [0.1, 0.15) is 60.9 Å². The minimum absolute atomic E-state index is 0.0312. The molecular formula is C18H27F2N. The standard InChI is InChI=1S/C18H27F2N/c1-5-21-17(15-6-8-18(19,20)9-7-15)16-11-13(3)12(2)10-14(16)4/h10-11,15,17,21H,5-9H2,1-4H3. The summed E-state index contributed by atoms with van der Waals surface area (Å²) >= 11 is 0. The maximum absolute atomic E-state index is 13.4. The molecule has 1 nitrogen and oxygen atoms in total. The first kappa shape index (κ1) is 16.4. The maximum atomic E-state index is 13.4. The zero-order valence-corrected chi connectivity index (χ0v) is 13.6. The molecule has 118 valence electrons. The number of rotatable bonds is 4. The highest BCUT2D eigenvalue weighted by Crippen LogP contribution is 2.42. The summed E-state index contributed by atoms with van der Waals surface area (Å²) in [6.45, 7) is 9.32. The van der Waals surface area contributed by atoms with Crippen molar-refractivity contribution in [3.05, 3.63) is 34.4 Å². The zero-order valence-electron chi connectivity index (χ0n) is 13.6. The number of alkyl halides is 2. The van der Waals surface area contributed by atoms with E-state index in [1.165, 1.54) is 22.3 Å². The second kappa shape index (κ2) is 6.43. The van der Waals surface area contributed by atoms with E-state index in [1.54, 1.807) is 0 Å². The Hall–Kier alpha value is -0.960. The molecule has 21 heavy (non-hydrogen) atoms. The van der Waals surface area contributed by atoms with Gasteiger partial charge in [0.1, 0.15) is 0 Å². The molecule has 0 spiro atoms. The van der Waals surface area contributed by atoms with E-state index in [2.05, 4.69) is 45.1 Å². The second-order valence-corrected chi connectivity index (χ2v) is 6.52. The highest BCUT2D eigenvalue weighted by Gasteiger charge is 2.38. The molecule has 1 aromatic carbocycles. The Kier molecular flexibility index (Phi) is 5.03. The third-order valence-corrected chi connectivity index (χ3v) is 4.87. The lowest BCUT2D eigenvalue weighted by atomic mass is 9.78. The molecule has 0 bridgehead atoms. The first-order valence-electron chi connectivity index (χ1n) is 8.03. The fraction of sp³-hybridized carbons (Fsp3) is 0.667. The van der Waals surface area contributed by atoms with E-state index >= 15 is 0 Å². The largest absolute Gasteiger partial charge is 0.310 e. The zero-order chi connectivity index (χ0) is 15.6. The Bertz CT molecular complexity index is 486. The fourth-order valence-electron chi connectivity index (χ4n) is 3.46. The minimum atomic E-state index is -2.45. The summed E-state index contributed by atoms with van der Waals surface area (Å²) in [6.07, 6.45) is 1.28. The average Bonchev–Trinajstić information content (AvgIpc) is 2.41. The molecule has 0 aromatic heterocycles. The molecule has 1 atom stereocenters. The first-order chi connectivity index (χ1) is 9.84. The van der Waals surface area contributed by atoms with Crippen LogP contribution in [0.3, 0.4) is 0 Å². The lowest BCUT2D eigenvalue weighted by Crippen LogP contribution is -2.34. The predicted molar refractivity (Wildman–Crippen MR) is 84.0 cm³/mol. The van der Waals surface area contributed by atoms with Crippen LogP contribution >= 0.6 is 0 Å². The fourth-order valence-corrected chi connectivity index (χ4v) is 3.46. The highest BCUT2D eigenvalue weighted by atomic mass is 19.3. The molecule has 1 unspecified atom stereocenters. The Morgan fingerprint density at radius 3 is 2.24 bits per heavy atom. The highest BCUT2D eigenvalue weighted by molar-refractivity contribution is 5.38. The molecule has 1 aliphatic carbocycles. The second-order valence-electron chi connectivity index (χ2n) is 6.52. The monoisotopic (exact) mass is 295 g/mol. The van der Waals surface area contributed by atoms with Gasteiger partial charge in [-0.25, -0.2) is 8.78 Å². The van der Waals surface area contributed by atoms with Crippen LogP contribution in [0.2, 0.25) is 0 Å². The summed E-state index contributed by atoms with van der Waals surface area (Å²) in [4.78, 5) is 0.